The third-order valence-corrected chi connectivity index (χ3v) is 19.3. The van der Waals surface area contributed by atoms with E-state index in [9.17, 15) is 40.9 Å². The minimum absolute atomic E-state index is 0.00628. The van der Waals surface area contributed by atoms with E-state index in [-0.39, 0.29) is 58.5 Å². The van der Waals surface area contributed by atoms with Gasteiger partial charge in [0.05, 0.1) is 11.4 Å². The number of ether oxygens (including phenoxy) is 2. The van der Waals surface area contributed by atoms with Crippen molar-refractivity contribution in [3.63, 3.8) is 0 Å². The van der Waals surface area contributed by atoms with E-state index in [4.69, 9.17) is 9.47 Å². The van der Waals surface area contributed by atoms with Crippen LogP contribution in [0.2, 0.25) is 0 Å². The van der Waals surface area contributed by atoms with Crippen molar-refractivity contribution < 1.29 is 50.3 Å². The van der Waals surface area contributed by atoms with Gasteiger partial charge in [-0.15, -0.1) is 0 Å². The predicted molar refractivity (Wildman–Crippen MR) is 302 cm³/mol. The zero-order chi connectivity index (χ0) is 55.2. The number of benzene rings is 4. The smallest absolute Gasteiger partial charge is 0.203 e. The predicted octanol–water partition coefficient (Wildman–Crippen LogP) is 14.2. The second-order valence-electron chi connectivity index (χ2n) is 24.1. The normalized spacial score (nSPS) is 23.2. The van der Waals surface area contributed by atoms with Crippen LogP contribution in [-0.4, -0.2) is 59.1 Å². The molecule has 8 aliphatic rings. The molecule has 4 aromatic carbocycles. The molecule has 4 atom stereocenters. The molecule has 14 heteroatoms. The first kappa shape index (κ1) is 49.8. The molecule has 80 heavy (non-hydrogen) atoms. The molecule has 0 saturated heterocycles. The molecule has 8 aliphatic carbocycles. The zero-order valence-electron chi connectivity index (χ0n) is 45.2. The molecule has 8 aromatic rings. The fourth-order valence-electron chi connectivity index (χ4n) is 14.9. The van der Waals surface area contributed by atoms with E-state index in [0.717, 1.165) is 48.6 Å². The number of hydrogen-bond donors (Lipinski definition) is 8. The largest absolute Gasteiger partial charge is 0.494 e. The van der Waals surface area contributed by atoms with Gasteiger partial charge in [-0.3, -0.25) is 18.3 Å². The molecule has 14 nitrogen and oxygen atoms in total. The van der Waals surface area contributed by atoms with Crippen LogP contribution in [0.1, 0.15) is 164 Å². The lowest BCUT2D eigenvalue weighted by Gasteiger charge is -2.34. The van der Waals surface area contributed by atoms with E-state index < -0.39 is 23.7 Å². The third-order valence-electron chi connectivity index (χ3n) is 19.3. The Morgan fingerprint density at radius 3 is 1.05 bits per heavy atom. The summed E-state index contributed by atoms with van der Waals surface area (Å²) in [6, 6.07) is 30.0. The minimum atomic E-state index is -0.530. The number of rotatable bonds is 11. The van der Waals surface area contributed by atoms with E-state index in [1.165, 1.54) is 45.8 Å². The lowest BCUT2D eigenvalue weighted by molar-refractivity contribution is 0.187. The van der Waals surface area contributed by atoms with E-state index in [2.05, 4.69) is 20.8 Å². The van der Waals surface area contributed by atoms with Crippen LogP contribution in [0.4, 0.5) is 0 Å². The summed E-state index contributed by atoms with van der Waals surface area (Å²) in [5.74, 6) is 2.13. The van der Waals surface area contributed by atoms with Crippen molar-refractivity contribution in [2.45, 2.75) is 114 Å². The Hall–Kier alpha value is -8.52. The Balaban J connectivity index is 0.618. The number of hydrogen-bond acceptors (Lipinski definition) is 10. The van der Waals surface area contributed by atoms with Crippen molar-refractivity contribution in [1.82, 2.24) is 18.3 Å². The molecule has 0 radical (unpaired) electrons. The summed E-state index contributed by atoms with van der Waals surface area (Å²) in [5, 5.41) is 92.1. The first-order valence-electron chi connectivity index (χ1n) is 28.3. The van der Waals surface area contributed by atoms with Gasteiger partial charge in [-0.05, 0) is 134 Å². The highest BCUT2D eigenvalue weighted by molar-refractivity contribution is 5.74. The number of aromatic nitrogens is 4. The average molecular weight is 1080 g/mol. The Kier molecular flexibility index (Phi) is 11.4. The van der Waals surface area contributed by atoms with Gasteiger partial charge in [0.15, 0.2) is 23.5 Å². The molecule has 16 rings (SSSR count). The maximum Gasteiger partial charge on any atom is 0.203 e. The highest BCUT2D eigenvalue weighted by Crippen LogP contribution is 2.64. The highest BCUT2D eigenvalue weighted by atomic mass is 16.5. The fourth-order valence-corrected chi connectivity index (χ4v) is 14.9. The van der Waals surface area contributed by atoms with E-state index in [1.807, 2.05) is 72.8 Å². The van der Waals surface area contributed by atoms with Crippen molar-refractivity contribution in [2.75, 3.05) is 0 Å². The zero-order valence-corrected chi connectivity index (χ0v) is 45.2. The van der Waals surface area contributed by atoms with Crippen LogP contribution >= 0.6 is 0 Å². The molecular formula is C66H66N4O10. The SMILES string of the molecule is CC1CCC(CC2CCC(n3c(O)c4c(c3O)C3C=CC4c4c3c(O)n(-c3ccc(Oc5ccc(C(C)(C)c6ccc(Oc7ccc(-n8c(O)c9c(c8O)C8C=CC9c9c8c(O)n(C)c9O)cc7)cc6)cc5)cc3)c4O)CC2)CC1. The van der Waals surface area contributed by atoms with Gasteiger partial charge >= 0.3 is 0 Å². The van der Waals surface area contributed by atoms with Gasteiger partial charge in [0, 0.05) is 86.7 Å². The summed E-state index contributed by atoms with van der Waals surface area (Å²) in [4.78, 5) is 0. The van der Waals surface area contributed by atoms with Gasteiger partial charge in [0.2, 0.25) is 23.5 Å². The number of aromatic hydroxyl groups is 8. The van der Waals surface area contributed by atoms with Gasteiger partial charge in [-0.2, -0.15) is 0 Å². The van der Waals surface area contributed by atoms with Gasteiger partial charge in [0.25, 0.3) is 0 Å². The van der Waals surface area contributed by atoms with Gasteiger partial charge in [-0.25, -0.2) is 0 Å². The van der Waals surface area contributed by atoms with Crippen molar-refractivity contribution in [1.29, 1.82) is 0 Å². The molecule has 2 fully saturated rings. The van der Waals surface area contributed by atoms with Crippen molar-refractivity contribution >= 4 is 0 Å². The standard InChI is InChI=1S/C66H66N4O10/c1-34-5-7-35(8-6-34)33-36-9-15-39(16-10-36)68-62(75)54-48-31-32-49(55(54)63(68)76)57-56(48)64(77)70(65(57)78)41-19-27-45(28-20-41)80-43-23-13-38(14-24-43)66(2,3)37-11-21-42(22-12-37)79-44-25-17-40(18-26-44)69-60(73)52-46-29-30-47(53(52)61(69)74)51-50(46)58(71)67(4)59(51)72/h11-14,17-32,34-36,39,46-49,71-78H,5-10,15-16,33H2,1-4H3. The van der Waals surface area contributed by atoms with Gasteiger partial charge in [0.1, 0.15) is 23.0 Å². The summed E-state index contributed by atoms with van der Waals surface area (Å²) in [6.07, 6.45) is 18.3. The van der Waals surface area contributed by atoms with Crippen LogP contribution in [-0.2, 0) is 12.5 Å². The minimum Gasteiger partial charge on any atom is -0.494 e. The molecule has 0 amide bonds. The summed E-state index contributed by atoms with van der Waals surface area (Å²) in [6.45, 7) is 6.68. The van der Waals surface area contributed by atoms with Crippen molar-refractivity contribution in [3.8, 4) is 81.4 Å². The summed E-state index contributed by atoms with van der Waals surface area (Å²) in [7, 11) is 1.57. The third kappa shape index (κ3) is 7.43. The molecule has 410 valence electrons. The molecule has 2 saturated carbocycles. The van der Waals surface area contributed by atoms with Crippen LogP contribution in [0.3, 0.4) is 0 Å². The summed E-state index contributed by atoms with van der Waals surface area (Å²) < 4.78 is 18.4. The molecule has 4 unspecified atom stereocenters. The fraction of sp³-hybridized carbons (Fsp3) is 0.333. The molecule has 0 aliphatic heterocycles. The van der Waals surface area contributed by atoms with E-state index in [1.54, 1.807) is 60.1 Å². The first-order chi connectivity index (χ1) is 38.6. The lowest BCUT2D eigenvalue weighted by Crippen LogP contribution is -2.21. The van der Waals surface area contributed by atoms with Crippen LogP contribution in [0.25, 0.3) is 11.4 Å². The van der Waals surface area contributed by atoms with Gasteiger partial charge < -0.3 is 50.3 Å². The quantitative estimate of drug-likeness (QED) is 0.0577. The Labute approximate surface area is 463 Å². The van der Waals surface area contributed by atoms with Crippen LogP contribution < -0.4 is 9.47 Å². The van der Waals surface area contributed by atoms with Crippen molar-refractivity contribution in [3.05, 3.63) is 177 Å². The molecule has 4 aromatic heterocycles. The molecule has 0 spiro atoms. The second kappa shape index (κ2) is 18.3. The molecule has 4 heterocycles. The first-order valence-corrected chi connectivity index (χ1v) is 28.3. The average Bonchev–Trinajstić information content (AvgIpc) is 2.78. The highest BCUT2D eigenvalue weighted by Gasteiger charge is 2.49. The monoisotopic (exact) mass is 1070 g/mol. The van der Waals surface area contributed by atoms with E-state index in [0.29, 0.717) is 84.8 Å². The maximum absolute atomic E-state index is 11.9. The van der Waals surface area contributed by atoms with Crippen LogP contribution in [0.5, 0.6) is 70.0 Å². The summed E-state index contributed by atoms with van der Waals surface area (Å²) in [5.41, 5.74) is 7.17. The molecule has 8 N–H and O–H groups in total. The Morgan fingerprint density at radius 1 is 0.400 bits per heavy atom. The van der Waals surface area contributed by atoms with E-state index >= 15 is 0 Å². The second-order valence-corrected chi connectivity index (χ2v) is 24.1. The topological polar surface area (TPSA) is 200 Å². The van der Waals surface area contributed by atoms with Crippen LogP contribution in [0.15, 0.2) is 121 Å². The number of allylic oxidation sites excluding steroid dienone is 4. The Morgan fingerprint density at radius 2 is 0.700 bits per heavy atom. The summed E-state index contributed by atoms with van der Waals surface area (Å²) >= 11 is 0. The van der Waals surface area contributed by atoms with Crippen LogP contribution in [0, 0.1) is 17.8 Å². The lowest BCUT2D eigenvalue weighted by atomic mass is 9.70. The molecule has 4 bridgehead atoms. The Bertz CT molecular complexity index is 3700. The molecular weight excluding hydrogens is 1010 g/mol. The van der Waals surface area contributed by atoms with Crippen molar-refractivity contribution in [2.24, 2.45) is 24.8 Å². The number of nitrogens with zero attached hydrogens (tertiary/aromatic N) is 4. The maximum atomic E-state index is 11.9. The van der Waals surface area contributed by atoms with Gasteiger partial charge in [-0.1, -0.05) is 95.0 Å².